The van der Waals surface area contributed by atoms with Crippen LogP contribution in [0.1, 0.15) is 17.0 Å². The quantitative estimate of drug-likeness (QED) is 0.674. The van der Waals surface area contributed by atoms with Gasteiger partial charge in [-0.2, -0.15) is 0 Å². The minimum absolute atomic E-state index is 0.0546. The molecule has 0 saturated heterocycles. The third kappa shape index (κ3) is 2.85. The monoisotopic (exact) mass is 353 g/mol. The van der Waals surface area contributed by atoms with Crippen LogP contribution < -0.4 is 10.1 Å². The highest BCUT2D eigenvalue weighted by atomic mass is 35.5. The standard InChI is InChI=1S/C20H13ClFNO2/c21-12-9-10-15(22)16(11-12)23-20(24)19-13-5-1-3-7-17(13)25-18-8-4-2-6-14(18)19/h1-11,19H,(H,23,24). The summed E-state index contributed by atoms with van der Waals surface area (Å²) in [5.41, 5.74) is 1.53. The van der Waals surface area contributed by atoms with Gasteiger partial charge in [0.25, 0.3) is 0 Å². The summed E-state index contributed by atoms with van der Waals surface area (Å²) in [6, 6.07) is 18.7. The molecule has 0 spiro atoms. The van der Waals surface area contributed by atoms with Gasteiger partial charge in [-0.1, -0.05) is 48.0 Å². The number of amides is 1. The predicted octanol–water partition coefficient (Wildman–Crippen LogP) is 5.36. The molecule has 1 aliphatic rings. The van der Waals surface area contributed by atoms with Gasteiger partial charge in [0.05, 0.1) is 11.6 Å². The first-order valence-corrected chi connectivity index (χ1v) is 8.13. The Bertz CT molecular complexity index is 928. The van der Waals surface area contributed by atoms with E-state index in [1.54, 1.807) is 0 Å². The molecule has 0 aromatic heterocycles. The number of hydrogen-bond donors (Lipinski definition) is 1. The van der Waals surface area contributed by atoms with Crippen LogP contribution in [0.2, 0.25) is 5.02 Å². The first kappa shape index (κ1) is 15.7. The van der Waals surface area contributed by atoms with Gasteiger partial charge in [0.1, 0.15) is 17.3 Å². The fraction of sp³-hybridized carbons (Fsp3) is 0.0500. The molecule has 3 nitrogen and oxygen atoms in total. The third-order valence-corrected chi connectivity index (χ3v) is 4.36. The fourth-order valence-electron chi connectivity index (χ4n) is 2.99. The lowest BCUT2D eigenvalue weighted by atomic mass is 9.87. The zero-order valence-corrected chi connectivity index (χ0v) is 13.8. The van der Waals surface area contributed by atoms with Crippen molar-refractivity contribution in [3.63, 3.8) is 0 Å². The topological polar surface area (TPSA) is 38.3 Å². The highest BCUT2D eigenvalue weighted by Gasteiger charge is 2.32. The van der Waals surface area contributed by atoms with E-state index in [2.05, 4.69) is 5.32 Å². The van der Waals surface area contributed by atoms with Crippen LogP contribution in [0.15, 0.2) is 66.7 Å². The predicted molar refractivity (Wildman–Crippen MR) is 94.8 cm³/mol. The first-order chi connectivity index (χ1) is 12.1. The number of carbonyl (C=O) groups excluding carboxylic acids is 1. The van der Waals surface area contributed by atoms with Crippen molar-refractivity contribution in [1.82, 2.24) is 0 Å². The van der Waals surface area contributed by atoms with Crippen molar-refractivity contribution in [3.05, 3.63) is 88.7 Å². The Balaban J connectivity index is 1.76. The van der Waals surface area contributed by atoms with Gasteiger partial charge in [0.15, 0.2) is 0 Å². The Labute approximate surface area is 149 Å². The molecule has 0 unspecified atom stereocenters. The fourth-order valence-corrected chi connectivity index (χ4v) is 3.16. The highest BCUT2D eigenvalue weighted by molar-refractivity contribution is 6.30. The van der Waals surface area contributed by atoms with Crippen molar-refractivity contribution in [3.8, 4) is 11.5 Å². The number of anilines is 1. The van der Waals surface area contributed by atoms with Crippen molar-refractivity contribution >= 4 is 23.2 Å². The molecule has 3 aromatic rings. The second-order valence-corrected chi connectivity index (χ2v) is 6.16. The van der Waals surface area contributed by atoms with Crippen LogP contribution in [0.5, 0.6) is 11.5 Å². The number of rotatable bonds is 2. The summed E-state index contributed by atoms with van der Waals surface area (Å²) < 4.78 is 19.9. The van der Waals surface area contributed by atoms with Crippen LogP contribution in [-0.4, -0.2) is 5.91 Å². The van der Waals surface area contributed by atoms with E-state index in [0.29, 0.717) is 16.5 Å². The Morgan fingerprint density at radius 1 is 0.960 bits per heavy atom. The number of para-hydroxylation sites is 2. The molecule has 25 heavy (non-hydrogen) atoms. The average molecular weight is 354 g/mol. The van der Waals surface area contributed by atoms with Crippen LogP contribution in [0.25, 0.3) is 0 Å². The second kappa shape index (κ2) is 6.22. The molecule has 1 amide bonds. The molecule has 124 valence electrons. The lowest BCUT2D eigenvalue weighted by molar-refractivity contribution is -0.116. The van der Waals surface area contributed by atoms with E-state index in [1.807, 2.05) is 48.5 Å². The van der Waals surface area contributed by atoms with Crippen molar-refractivity contribution in [2.45, 2.75) is 5.92 Å². The molecule has 3 aromatic carbocycles. The van der Waals surface area contributed by atoms with E-state index >= 15 is 0 Å². The maximum atomic E-state index is 14.0. The van der Waals surface area contributed by atoms with Gasteiger partial charge in [-0.25, -0.2) is 4.39 Å². The minimum Gasteiger partial charge on any atom is -0.457 e. The summed E-state index contributed by atoms with van der Waals surface area (Å²) in [5, 5.41) is 3.00. The lowest BCUT2D eigenvalue weighted by Gasteiger charge is -2.27. The summed E-state index contributed by atoms with van der Waals surface area (Å²) in [7, 11) is 0. The maximum absolute atomic E-state index is 14.0. The number of benzene rings is 3. The van der Waals surface area contributed by atoms with Crippen LogP contribution >= 0.6 is 11.6 Å². The van der Waals surface area contributed by atoms with E-state index in [4.69, 9.17) is 16.3 Å². The van der Waals surface area contributed by atoms with Crippen molar-refractivity contribution in [2.75, 3.05) is 5.32 Å². The lowest BCUT2D eigenvalue weighted by Crippen LogP contribution is -2.25. The van der Waals surface area contributed by atoms with E-state index in [9.17, 15) is 9.18 Å². The number of halogens is 2. The second-order valence-electron chi connectivity index (χ2n) is 5.72. The molecule has 4 rings (SSSR count). The van der Waals surface area contributed by atoms with Gasteiger partial charge in [-0.05, 0) is 30.3 Å². The van der Waals surface area contributed by atoms with Gasteiger partial charge < -0.3 is 10.1 Å². The SMILES string of the molecule is O=C(Nc1cc(Cl)ccc1F)C1c2ccccc2Oc2ccccc21. The zero-order valence-electron chi connectivity index (χ0n) is 13.0. The van der Waals surface area contributed by atoms with E-state index in [1.165, 1.54) is 18.2 Å². The molecule has 0 aliphatic carbocycles. The van der Waals surface area contributed by atoms with Crippen LogP contribution in [0.4, 0.5) is 10.1 Å². The zero-order chi connectivity index (χ0) is 17.4. The molecule has 1 N–H and O–H groups in total. The van der Waals surface area contributed by atoms with Crippen molar-refractivity contribution in [2.24, 2.45) is 0 Å². The molecule has 5 heteroatoms. The van der Waals surface area contributed by atoms with Gasteiger partial charge in [-0.15, -0.1) is 0 Å². The van der Waals surface area contributed by atoms with Crippen LogP contribution in [0, 0.1) is 5.82 Å². The van der Waals surface area contributed by atoms with E-state index in [0.717, 1.165) is 11.1 Å². The molecule has 0 bridgehead atoms. The van der Waals surface area contributed by atoms with Gasteiger partial charge in [-0.3, -0.25) is 4.79 Å². The van der Waals surface area contributed by atoms with Gasteiger partial charge >= 0.3 is 0 Å². The Morgan fingerprint density at radius 2 is 1.56 bits per heavy atom. The Kier molecular flexibility index (Phi) is 3.90. The molecule has 0 saturated carbocycles. The van der Waals surface area contributed by atoms with Gasteiger partial charge in [0, 0.05) is 16.1 Å². The molecule has 0 fully saturated rings. The van der Waals surface area contributed by atoms with E-state index < -0.39 is 11.7 Å². The summed E-state index contributed by atoms with van der Waals surface area (Å²) >= 11 is 5.91. The first-order valence-electron chi connectivity index (χ1n) is 7.75. The third-order valence-electron chi connectivity index (χ3n) is 4.13. The number of hydrogen-bond acceptors (Lipinski definition) is 2. The smallest absolute Gasteiger partial charge is 0.236 e. The van der Waals surface area contributed by atoms with Crippen LogP contribution in [-0.2, 0) is 4.79 Å². The van der Waals surface area contributed by atoms with Gasteiger partial charge in [0.2, 0.25) is 5.91 Å². The number of fused-ring (bicyclic) bond motifs is 2. The summed E-state index contributed by atoms with van der Waals surface area (Å²) in [6.45, 7) is 0. The molecular weight excluding hydrogens is 341 g/mol. The van der Waals surface area contributed by atoms with Crippen molar-refractivity contribution in [1.29, 1.82) is 0 Å². The summed E-state index contributed by atoms with van der Waals surface area (Å²) in [6.07, 6.45) is 0. The Hall–Kier alpha value is -2.85. The Morgan fingerprint density at radius 3 is 2.20 bits per heavy atom. The summed E-state index contributed by atoms with van der Waals surface area (Å²) in [4.78, 5) is 13.0. The van der Waals surface area contributed by atoms with Crippen molar-refractivity contribution < 1.29 is 13.9 Å². The number of nitrogens with one attached hydrogen (secondary N) is 1. The normalized spacial score (nSPS) is 12.7. The number of ether oxygens (including phenoxy) is 1. The highest BCUT2D eigenvalue weighted by Crippen LogP contribution is 2.44. The molecule has 0 atom stereocenters. The molecule has 0 radical (unpaired) electrons. The molecular formula is C20H13ClFNO2. The molecule has 1 aliphatic heterocycles. The van der Waals surface area contributed by atoms with E-state index in [-0.39, 0.29) is 11.6 Å². The van der Waals surface area contributed by atoms with Crippen LogP contribution in [0.3, 0.4) is 0 Å². The largest absolute Gasteiger partial charge is 0.457 e. The molecule has 1 heterocycles. The average Bonchev–Trinajstić information content (AvgIpc) is 2.62. The minimum atomic E-state index is -0.598. The maximum Gasteiger partial charge on any atom is 0.236 e. The number of carbonyl (C=O) groups is 1. The summed E-state index contributed by atoms with van der Waals surface area (Å²) in [5.74, 6) is -0.240.